The van der Waals surface area contributed by atoms with Crippen LogP contribution < -0.4 is 5.32 Å². The lowest BCUT2D eigenvalue weighted by atomic mass is 10.2. The maximum atomic E-state index is 13.3. The van der Waals surface area contributed by atoms with Gasteiger partial charge in [-0.3, -0.25) is 4.79 Å². The third-order valence-electron chi connectivity index (χ3n) is 3.47. The first kappa shape index (κ1) is 14.2. The van der Waals surface area contributed by atoms with Crippen LogP contribution in [0.2, 0.25) is 0 Å². The van der Waals surface area contributed by atoms with Crippen LogP contribution in [0.25, 0.3) is 5.65 Å². The van der Waals surface area contributed by atoms with Gasteiger partial charge in [-0.1, -0.05) is 6.07 Å². The summed E-state index contributed by atoms with van der Waals surface area (Å²) in [6.45, 7) is 5.56. The molecule has 0 unspecified atom stereocenters. The van der Waals surface area contributed by atoms with Crippen LogP contribution in [-0.4, -0.2) is 20.5 Å². The van der Waals surface area contributed by atoms with E-state index in [1.165, 1.54) is 18.3 Å². The molecule has 1 aromatic carbocycles. The van der Waals surface area contributed by atoms with Crippen molar-refractivity contribution in [2.24, 2.45) is 0 Å². The molecule has 2 aromatic heterocycles. The lowest BCUT2D eigenvalue weighted by Gasteiger charge is -2.08. The second kappa shape index (κ2) is 5.22. The van der Waals surface area contributed by atoms with E-state index in [-0.39, 0.29) is 5.91 Å². The number of anilines is 1. The minimum atomic E-state index is -0.398. The molecule has 22 heavy (non-hydrogen) atoms. The van der Waals surface area contributed by atoms with Crippen molar-refractivity contribution in [3.8, 4) is 0 Å². The fraction of sp³-hybridized carbons (Fsp3) is 0.188. The maximum absolute atomic E-state index is 13.3. The van der Waals surface area contributed by atoms with Gasteiger partial charge < -0.3 is 5.32 Å². The Morgan fingerprint density at radius 3 is 2.77 bits per heavy atom. The number of hydrogen-bond donors (Lipinski definition) is 1. The summed E-state index contributed by atoms with van der Waals surface area (Å²) in [5, 5.41) is 6.89. The van der Waals surface area contributed by atoms with Crippen molar-refractivity contribution < 1.29 is 9.18 Å². The molecule has 1 N–H and O–H groups in total. The minimum Gasteiger partial charge on any atom is -0.321 e. The van der Waals surface area contributed by atoms with E-state index in [1.807, 2.05) is 19.9 Å². The number of nitrogens with zero attached hydrogens (tertiary/aromatic N) is 3. The van der Waals surface area contributed by atoms with Crippen LogP contribution in [0.4, 0.5) is 10.1 Å². The highest BCUT2D eigenvalue weighted by Crippen LogP contribution is 2.18. The third-order valence-corrected chi connectivity index (χ3v) is 3.47. The number of nitrogens with one attached hydrogen (secondary N) is 1. The zero-order valence-electron chi connectivity index (χ0n) is 12.5. The smallest absolute Gasteiger partial charge is 0.261 e. The van der Waals surface area contributed by atoms with E-state index in [4.69, 9.17) is 0 Å². The SMILES string of the molecule is Cc1cc(C)n2ncc(C(=O)Nc3cc(F)ccc3C)c2n1. The number of aryl methyl sites for hydroxylation is 3. The van der Waals surface area contributed by atoms with Gasteiger partial charge in [0.15, 0.2) is 5.65 Å². The average Bonchev–Trinajstić information content (AvgIpc) is 2.87. The predicted molar refractivity (Wildman–Crippen MR) is 81.6 cm³/mol. The summed E-state index contributed by atoms with van der Waals surface area (Å²) >= 11 is 0. The van der Waals surface area contributed by atoms with Crippen LogP contribution in [0.3, 0.4) is 0 Å². The Morgan fingerprint density at radius 1 is 1.23 bits per heavy atom. The van der Waals surface area contributed by atoms with Gasteiger partial charge in [0, 0.05) is 17.1 Å². The standard InChI is InChI=1S/C16H15FN4O/c1-9-4-5-12(17)7-14(9)20-16(22)13-8-18-21-11(3)6-10(2)19-15(13)21/h4-8H,1-3H3,(H,20,22). The van der Waals surface area contributed by atoms with Gasteiger partial charge in [-0.05, 0) is 44.5 Å². The van der Waals surface area contributed by atoms with Gasteiger partial charge in [0.25, 0.3) is 5.91 Å². The zero-order chi connectivity index (χ0) is 15.9. The summed E-state index contributed by atoms with van der Waals surface area (Å²) in [6.07, 6.45) is 1.47. The molecular formula is C16H15FN4O. The summed E-state index contributed by atoms with van der Waals surface area (Å²) in [5.41, 5.74) is 3.77. The molecule has 0 saturated heterocycles. The lowest BCUT2D eigenvalue weighted by molar-refractivity contribution is 0.102. The zero-order valence-corrected chi connectivity index (χ0v) is 12.5. The topological polar surface area (TPSA) is 59.3 Å². The number of rotatable bonds is 2. The molecule has 0 spiro atoms. The van der Waals surface area contributed by atoms with Gasteiger partial charge in [0.05, 0.1) is 6.20 Å². The number of hydrogen-bond acceptors (Lipinski definition) is 3. The number of benzene rings is 1. The molecule has 3 rings (SSSR count). The molecule has 0 aliphatic heterocycles. The molecule has 2 heterocycles. The fourth-order valence-electron chi connectivity index (χ4n) is 2.35. The van der Waals surface area contributed by atoms with Crippen molar-refractivity contribution in [1.29, 1.82) is 0 Å². The quantitative estimate of drug-likeness (QED) is 0.791. The Morgan fingerprint density at radius 2 is 2.00 bits per heavy atom. The molecule has 0 bridgehead atoms. The van der Waals surface area contributed by atoms with Crippen LogP contribution in [-0.2, 0) is 0 Å². The van der Waals surface area contributed by atoms with Gasteiger partial charge in [-0.2, -0.15) is 5.10 Å². The predicted octanol–water partition coefficient (Wildman–Crippen LogP) is 3.05. The largest absolute Gasteiger partial charge is 0.321 e. The number of amides is 1. The van der Waals surface area contributed by atoms with Crippen LogP contribution in [0.5, 0.6) is 0 Å². The monoisotopic (exact) mass is 298 g/mol. The molecule has 112 valence electrons. The van der Waals surface area contributed by atoms with Gasteiger partial charge in [-0.15, -0.1) is 0 Å². The maximum Gasteiger partial charge on any atom is 0.261 e. The Kier molecular flexibility index (Phi) is 3.36. The van der Waals surface area contributed by atoms with E-state index in [1.54, 1.807) is 17.5 Å². The average molecular weight is 298 g/mol. The van der Waals surface area contributed by atoms with E-state index in [0.717, 1.165) is 17.0 Å². The van der Waals surface area contributed by atoms with Crippen molar-refractivity contribution in [2.75, 3.05) is 5.32 Å². The van der Waals surface area contributed by atoms with Gasteiger partial charge in [0.1, 0.15) is 11.4 Å². The molecule has 0 fully saturated rings. The van der Waals surface area contributed by atoms with Gasteiger partial charge in [0.2, 0.25) is 0 Å². The molecule has 3 aromatic rings. The fourth-order valence-corrected chi connectivity index (χ4v) is 2.35. The highest BCUT2D eigenvalue weighted by atomic mass is 19.1. The van der Waals surface area contributed by atoms with Crippen LogP contribution in [0, 0.1) is 26.6 Å². The summed E-state index contributed by atoms with van der Waals surface area (Å²) in [4.78, 5) is 16.8. The molecule has 0 atom stereocenters. The second-order valence-corrected chi connectivity index (χ2v) is 5.25. The molecule has 1 amide bonds. The van der Waals surface area contributed by atoms with Crippen molar-refractivity contribution in [3.63, 3.8) is 0 Å². The summed E-state index contributed by atoms with van der Waals surface area (Å²) < 4.78 is 14.9. The van der Waals surface area contributed by atoms with Gasteiger partial charge >= 0.3 is 0 Å². The number of fused-ring (bicyclic) bond motifs is 1. The Bertz CT molecular complexity index is 885. The molecular weight excluding hydrogens is 283 g/mol. The van der Waals surface area contributed by atoms with E-state index in [0.29, 0.717) is 16.9 Å². The summed E-state index contributed by atoms with van der Waals surface area (Å²) in [5.74, 6) is -0.758. The summed E-state index contributed by atoms with van der Waals surface area (Å²) in [6, 6.07) is 6.16. The van der Waals surface area contributed by atoms with E-state index >= 15 is 0 Å². The highest BCUT2D eigenvalue weighted by molar-refractivity contribution is 6.08. The highest BCUT2D eigenvalue weighted by Gasteiger charge is 2.16. The van der Waals surface area contributed by atoms with Crippen LogP contribution in [0.1, 0.15) is 27.3 Å². The number of halogens is 1. The first-order valence-corrected chi connectivity index (χ1v) is 6.85. The van der Waals surface area contributed by atoms with Crippen molar-refractivity contribution >= 4 is 17.2 Å². The molecule has 0 saturated carbocycles. The van der Waals surface area contributed by atoms with Gasteiger partial charge in [-0.25, -0.2) is 13.9 Å². The first-order valence-electron chi connectivity index (χ1n) is 6.85. The van der Waals surface area contributed by atoms with Crippen molar-refractivity contribution in [1.82, 2.24) is 14.6 Å². The van der Waals surface area contributed by atoms with E-state index < -0.39 is 5.82 Å². The Hall–Kier alpha value is -2.76. The van der Waals surface area contributed by atoms with Crippen LogP contribution >= 0.6 is 0 Å². The second-order valence-electron chi connectivity index (χ2n) is 5.25. The lowest BCUT2D eigenvalue weighted by Crippen LogP contribution is -2.13. The number of carbonyl (C=O) groups excluding carboxylic acids is 1. The number of carbonyl (C=O) groups is 1. The third kappa shape index (κ3) is 2.43. The molecule has 6 heteroatoms. The Labute approximate surface area is 126 Å². The molecule has 5 nitrogen and oxygen atoms in total. The molecule has 0 aliphatic rings. The number of aromatic nitrogens is 3. The van der Waals surface area contributed by atoms with Crippen LogP contribution in [0.15, 0.2) is 30.5 Å². The van der Waals surface area contributed by atoms with Crippen molar-refractivity contribution in [3.05, 3.63) is 58.8 Å². The van der Waals surface area contributed by atoms with E-state index in [9.17, 15) is 9.18 Å². The van der Waals surface area contributed by atoms with Crippen molar-refractivity contribution in [2.45, 2.75) is 20.8 Å². The summed E-state index contributed by atoms with van der Waals surface area (Å²) in [7, 11) is 0. The Balaban J connectivity index is 2.01. The molecule has 0 aliphatic carbocycles. The normalized spacial score (nSPS) is 10.9. The molecule has 0 radical (unpaired) electrons. The first-order chi connectivity index (χ1) is 10.5. The van der Waals surface area contributed by atoms with E-state index in [2.05, 4.69) is 15.4 Å². The minimum absolute atomic E-state index is 0.357.